The fraction of sp³-hybridized carbons (Fsp3) is 0.182. The molecule has 19 heavy (non-hydrogen) atoms. The molecule has 0 aliphatic heterocycles. The van der Waals surface area contributed by atoms with Crippen molar-refractivity contribution in [2.75, 3.05) is 0 Å². The Balaban J connectivity index is 2.23. The van der Waals surface area contributed by atoms with E-state index in [1.165, 1.54) is 6.07 Å². The summed E-state index contributed by atoms with van der Waals surface area (Å²) in [5.41, 5.74) is 0.529. The molecular weight excluding hydrogens is 334 g/mol. The fourth-order valence-corrected chi connectivity index (χ4v) is 3.49. The Morgan fingerprint density at radius 1 is 1.42 bits per heavy atom. The Kier molecular flexibility index (Phi) is 4.35. The minimum Gasteiger partial charge on any atom is -0.392 e. The van der Waals surface area contributed by atoms with E-state index in [0.29, 0.717) is 15.9 Å². The molecule has 0 aliphatic carbocycles. The normalized spacial score (nSPS) is 11.7. The molecule has 0 amide bonds. The van der Waals surface area contributed by atoms with Crippen molar-refractivity contribution in [3.8, 4) is 0 Å². The van der Waals surface area contributed by atoms with Gasteiger partial charge in [-0.1, -0.05) is 6.07 Å². The van der Waals surface area contributed by atoms with Crippen LogP contribution in [0.25, 0.3) is 0 Å². The number of aromatic nitrogens is 2. The molecule has 0 spiro atoms. The number of sulfonamides is 1. The Bertz CT molecular complexity index is 656. The smallest absolute Gasteiger partial charge is 0.242 e. The summed E-state index contributed by atoms with van der Waals surface area (Å²) in [5, 5.41) is 9.05. The molecule has 102 valence electrons. The number of aromatic amines is 1. The zero-order chi connectivity index (χ0) is 13.9. The van der Waals surface area contributed by atoms with E-state index >= 15 is 0 Å². The van der Waals surface area contributed by atoms with Gasteiger partial charge in [0.25, 0.3) is 0 Å². The van der Waals surface area contributed by atoms with Crippen molar-refractivity contribution in [1.82, 2.24) is 14.7 Å². The zero-order valence-electron chi connectivity index (χ0n) is 9.80. The van der Waals surface area contributed by atoms with E-state index in [4.69, 9.17) is 5.11 Å². The number of aliphatic hydroxyl groups excluding tert-OH is 1. The summed E-state index contributed by atoms with van der Waals surface area (Å²) in [7, 11) is -3.67. The second-order valence-corrected chi connectivity index (χ2v) is 6.37. The number of aliphatic hydroxyl groups is 1. The van der Waals surface area contributed by atoms with Gasteiger partial charge in [0, 0.05) is 16.9 Å². The monoisotopic (exact) mass is 345 g/mol. The lowest BCUT2D eigenvalue weighted by Crippen LogP contribution is -2.24. The van der Waals surface area contributed by atoms with Crippen molar-refractivity contribution in [2.24, 2.45) is 0 Å². The van der Waals surface area contributed by atoms with Crippen molar-refractivity contribution in [2.45, 2.75) is 18.0 Å². The summed E-state index contributed by atoms with van der Waals surface area (Å²) in [6.07, 6.45) is 3.16. The first-order valence-electron chi connectivity index (χ1n) is 5.40. The molecule has 2 aromatic rings. The summed E-state index contributed by atoms with van der Waals surface area (Å²) in [6.45, 7) is -0.140. The molecular formula is C11H12BrN3O3S. The van der Waals surface area contributed by atoms with E-state index in [1.54, 1.807) is 24.5 Å². The van der Waals surface area contributed by atoms with E-state index in [-0.39, 0.29) is 18.0 Å². The van der Waals surface area contributed by atoms with Gasteiger partial charge < -0.3 is 10.1 Å². The Hall–Kier alpha value is -1.22. The molecule has 1 aromatic carbocycles. The highest BCUT2D eigenvalue weighted by Gasteiger charge is 2.18. The van der Waals surface area contributed by atoms with Crippen LogP contribution in [0.1, 0.15) is 11.4 Å². The lowest BCUT2D eigenvalue weighted by Gasteiger charge is -2.09. The topological polar surface area (TPSA) is 95.1 Å². The average molecular weight is 346 g/mol. The maximum Gasteiger partial charge on any atom is 0.242 e. The second kappa shape index (κ2) is 5.83. The van der Waals surface area contributed by atoms with Crippen LogP contribution in [-0.4, -0.2) is 23.5 Å². The molecule has 0 aliphatic rings. The Labute approximate surface area is 119 Å². The third-order valence-corrected chi connectivity index (χ3v) is 4.85. The fourth-order valence-electron chi connectivity index (χ4n) is 1.49. The molecule has 0 unspecified atom stereocenters. The van der Waals surface area contributed by atoms with Gasteiger partial charge in [0.15, 0.2) is 0 Å². The molecule has 0 saturated heterocycles. The summed E-state index contributed by atoms with van der Waals surface area (Å²) in [6, 6.07) is 4.66. The first kappa shape index (κ1) is 14.2. The van der Waals surface area contributed by atoms with E-state index in [2.05, 4.69) is 30.6 Å². The van der Waals surface area contributed by atoms with Crippen molar-refractivity contribution in [3.63, 3.8) is 0 Å². The van der Waals surface area contributed by atoms with Crippen molar-refractivity contribution in [1.29, 1.82) is 0 Å². The van der Waals surface area contributed by atoms with Crippen LogP contribution in [0.4, 0.5) is 0 Å². The summed E-state index contributed by atoms with van der Waals surface area (Å²) in [4.78, 5) is 6.83. The SMILES string of the molecule is O=S(=O)(NCc1ncc[nH]1)c1cc(CO)ccc1Br. The quantitative estimate of drug-likeness (QED) is 0.757. The molecule has 0 fully saturated rings. The van der Waals surface area contributed by atoms with Crippen molar-refractivity contribution in [3.05, 3.63) is 46.5 Å². The maximum absolute atomic E-state index is 12.2. The number of imidazole rings is 1. The summed E-state index contributed by atoms with van der Waals surface area (Å²) >= 11 is 3.19. The number of nitrogens with one attached hydrogen (secondary N) is 2. The van der Waals surface area contributed by atoms with Crippen LogP contribution in [-0.2, 0) is 23.2 Å². The molecule has 2 rings (SSSR count). The third kappa shape index (κ3) is 3.41. The highest BCUT2D eigenvalue weighted by molar-refractivity contribution is 9.10. The molecule has 0 saturated carbocycles. The van der Waals surface area contributed by atoms with Crippen LogP contribution in [0, 0.1) is 0 Å². The second-order valence-electron chi connectivity index (χ2n) is 3.78. The van der Waals surface area contributed by atoms with Gasteiger partial charge >= 0.3 is 0 Å². The van der Waals surface area contributed by atoms with Crippen LogP contribution in [0.3, 0.4) is 0 Å². The lowest BCUT2D eigenvalue weighted by molar-refractivity contribution is 0.281. The van der Waals surface area contributed by atoms with Crippen LogP contribution >= 0.6 is 15.9 Å². The van der Waals surface area contributed by atoms with Gasteiger partial charge in [-0.3, -0.25) is 0 Å². The van der Waals surface area contributed by atoms with Gasteiger partial charge in [-0.05, 0) is 33.6 Å². The van der Waals surface area contributed by atoms with Crippen molar-refractivity contribution >= 4 is 26.0 Å². The summed E-state index contributed by atoms with van der Waals surface area (Å²) < 4.78 is 27.2. The molecule has 3 N–H and O–H groups in total. The molecule has 0 bridgehead atoms. The van der Waals surface area contributed by atoms with Gasteiger partial charge in [0.1, 0.15) is 5.82 Å². The predicted molar refractivity (Wildman–Crippen MR) is 72.7 cm³/mol. The van der Waals surface area contributed by atoms with Gasteiger partial charge in [-0.15, -0.1) is 0 Å². The number of nitrogens with zero attached hydrogens (tertiary/aromatic N) is 1. The van der Waals surface area contributed by atoms with Gasteiger partial charge in [0.05, 0.1) is 18.0 Å². The van der Waals surface area contributed by atoms with E-state index in [1.807, 2.05) is 0 Å². The molecule has 8 heteroatoms. The van der Waals surface area contributed by atoms with Crippen molar-refractivity contribution < 1.29 is 13.5 Å². The number of benzene rings is 1. The molecule has 0 atom stereocenters. The largest absolute Gasteiger partial charge is 0.392 e. The van der Waals surface area contributed by atoms with E-state index in [9.17, 15) is 8.42 Å². The standard InChI is InChI=1S/C11H12BrN3O3S/c12-9-2-1-8(7-16)5-10(9)19(17,18)15-6-11-13-3-4-14-11/h1-5,15-16H,6-7H2,(H,13,14). The maximum atomic E-state index is 12.2. The number of hydrogen-bond donors (Lipinski definition) is 3. The minimum absolute atomic E-state index is 0.0745. The van der Waals surface area contributed by atoms with Gasteiger partial charge in [-0.2, -0.15) is 0 Å². The average Bonchev–Trinajstić information content (AvgIpc) is 2.90. The number of rotatable bonds is 5. The molecule has 6 nitrogen and oxygen atoms in total. The van der Waals surface area contributed by atoms with Crippen LogP contribution in [0.5, 0.6) is 0 Å². The Morgan fingerprint density at radius 3 is 2.84 bits per heavy atom. The van der Waals surface area contributed by atoms with Crippen LogP contribution < -0.4 is 4.72 Å². The van der Waals surface area contributed by atoms with Gasteiger partial charge in [-0.25, -0.2) is 18.1 Å². The minimum atomic E-state index is -3.67. The highest BCUT2D eigenvalue weighted by Crippen LogP contribution is 2.23. The predicted octanol–water partition coefficient (Wildman–Crippen LogP) is 1.14. The van der Waals surface area contributed by atoms with E-state index < -0.39 is 10.0 Å². The molecule has 1 heterocycles. The number of halogens is 1. The van der Waals surface area contributed by atoms with Crippen LogP contribution in [0.15, 0.2) is 40.0 Å². The first-order chi connectivity index (χ1) is 9.03. The zero-order valence-corrected chi connectivity index (χ0v) is 12.2. The van der Waals surface area contributed by atoms with E-state index in [0.717, 1.165) is 0 Å². The van der Waals surface area contributed by atoms with Gasteiger partial charge in [0.2, 0.25) is 10.0 Å². The Morgan fingerprint density at radius 2 is 2.21 bits per heavy atom. The molecule has 1 aromatic heterocycles. The summed E-state index contributed by atoms with van der Waals surface area (Å²) in [5.74, 6) is 0.526. The lowest BCUT2D eigenvalue weighted by atomic mass is 10.2. The highest BCUT2D eigenvalue weighted by atomic mass is 79.9. The number of H-pyrrole nitrogens is 1. The third-order valence-electron chi connectivity index (χ3n) is 2.45. The number of hydrogen-bond acceptors (Lipinski definition) is 4. The first-order valence-corrected chi connectivity index (χ1v) is 7.68. The molecule has 0 radical (unpaired) electrons. The van der Waals surface area contributed by atoms with Crippen LogP contribution in [0.2, 0.25) is 0 Å².